The largest absolute Gasteiger partial charge is 0.496 e. The molecule has 154 valence electrons. The van der Waals surface area contributed by atoms with Crippen molar-refractivity contribution in [2.75, 3.05) is 20.2 Å². The molecule has 1 fully saturated rings. The summed E-state index contributed by atoms with van der Waals surface area (Å²) in [6.45, 7) is 1.65. The van der Waals surface area contributed by atoms with E-state index in [0.29, 0.717) is 49.0 Å². The fourth-order valence-corrected chi connectivity index (χ4v) is 4.36. The van der Waals surface area contributed by atoms with Crippen LogP contribution in [0.3, 0.4) is 0 Å². The second-order valence-electron chi connectivity index (χ2n) is 7.92. The van der Waals surface area contributed by atoms with Crippen molar-refractivity contribution in [3.05, 3.63) is 46.8 Å². The molecule has 2 heterocycles. The number of para-hydroxylation sites is 1. The van der Waals surface area contributed by atoms with Crippen molar-refractivity contribution in [3.63, 3.8) is 0 Å². The Balaban J connectivity index is 1.45. The minimum absolute atomic E-state index is 0.0946. The van der Waals surface area contributed by atoms with Crippen molar-refractivity contribution in [3.8, 4) is 5.75 Å². The highest BCUT2D eigenvalue weighted by Gasteiger charge is 2.29. The lowest BCUT2D eigenvalue weighted by molar-refractivity contribution is 0.0727. The lowest BCUT2D eigenvalue weighted by Crippen LogP contribution is -2.37. The Kier molecular flexibility index (Phi) is 5.83. The molecule has 1 aromatic heterocycles. The van der Waals surface area contributed by atoms with E-state index in [9.17, 15) is 9.59 Å². The van der Waals surface area contributed by atoms with Gasteiger partial charge in [-0.25, -0.2) is 0 Å². The minimum Gasteiger partial charge on any atom is -0.496 e. The average molecular weight is 396 g/mol. The van der Waals surface area contributed by atoms with Crippen LogP contribution in [0.2, 0.25) is 0 Å². The molecule has 0 unspecified atom stereocenters. The van der Waals surface area contributed by atoms with Crippen molar-refractivity contribution >= 4 is 11.8 Å². The van der Waals surface area contributed by atoms with Gasteiger partial charge in [0.1, 0.15) is 5.75 Å². The van der Waals surface area contributed by atoms with Gasteiger partial charge in [0, 0.05) is 30.8 Å². The molecule has 7 heteroatoms. The number of nitrogens with zero attached hydrogens (tertiary/aromatic N) is 2. The number of hydrogen-bond donors (Lipinski definition) is 2. The molecule has 29 heavy (non-hydrogen) atoms. The molecule has 4 rings (SSSR count). The Morgan fingerprint density at radius 2 is 2.03 bits per heavy atom. The van der Waals surface area contributed by atoms with Gasteiger partial charge in [-0.05, 0) is 30.9 Å². The van der Waals surface area contributed by atoms with Gasteiger partial charge >= 0.3 is 0 Å². The van der Waals surface area contributed by atoms with Gasteiger partial charge in [0.25, 0.3) is 11.8 Å². The van der Waals surface area contributed by atoms with E-state index in [2.05, 4.69) is 15.5 Å². The van der Waals surface area contributed by atoms with Crippen molar-refractivity contribution < 1.29 is 14.3 Å². The summed E-state index contributed by atoms with van der Waals surface area (Å²) >= 11 is 0. The molecule has 1 saturated carbocycles. The first-order chi connectivity index (χ1) is 14.2. The van der Waals surface area contributed by atoms with Crippen LogP contribution in [0.15, 0.2) is 24.3 Å². The number of carbonyl (C=O) groups is 2. The van der Waals surface area contributed by atoms with Crippen LogP contribution in [0.5, 0.6) is 5.75 Å². The summed E-state index contributed by atoms with van der Waals surface area (Å²) in [6.07, 6.45) is 6.81. The lowest BCUT2D eigenvalue weighted by Gasteiger charge is -2.27. The number of carbonyl (C=O) groups excluding carboxylic acids is 2. The van der Waals surface area contributed by atoms with Crippen molar-refractivity contribution in [1.82, 2.24) is 20.4 Å². The van der Waals surface area contributed by atoms with Gasteiger partial charge in [0.15, 0.2) is 5.69 Å². The number of aromatic amines is 1. The molecule has 0 radical (unpaired) electrons. The van der Waals surface area contributed by atoms with Gasteiger partial charge in [0.2, 0.25) is 0 Å². The Hall–Kier alpha value is -2.83. The number of rotatable bonds is 5. The molecule has 0 saturated heterocycles. The van der Waals surface area contributed by atoms with Gasteiger partial charge < -0.3 is 15.0 Å². The third kappa shape index (κ3) is 4.13. The van der Waals surface area contributed by atoms with Gasteiger partial charge in [-0.2, -0.15) is 5.10 Å². The topological polar surface area (TPSA) is 87.3 Å². The van der Waals surface area contributed by atoms with E-state index in [1.54, 1.807) is 24.1 Å². The number of aromatic nitrogens is 2. The van der Waals surface area contributed by atoms with Crippen molar-refractivity contribution in [2.45, 2.75) is 45.1 Å². The molecule has 2 N–H and O–H groups in total. The minimum atomic E-state index is -0.153. The highest BCUT2D eigenvalue weighted by molar-refractivity contribution is 5.98. The molecule has 1 aromatic carbocycles. The van der Waals surface area contributed by atoms with Crippen LogP contribution in [0.1, 0.15) is 64.2 Å². The number of benzene rings is 1. The number of hydrogen-bond acceptors (Lipinski definition) is 4. The fraction of sp³-hybridized carbons (Fsp3) is 0.500. The second kappa shape index (κ2) is 8.68. The fourth-order valence-electron chi connectivity index (χ4n) is 4.36. The first-order valence-electron chi connectivity index (χ1n) is 10.4. The Bertz CT molecular complexity index is 886. The second-order valence-corrected chi connectivity index (χ2v) is 7.92. The van der Waals surface area contributed by atoms with Crippen molar-refractivity contribution in [2.24, 2.45) is 5.92 Å². The Morgan fingerprint density at radius 3 is 2.83 bits per heavy atom. The van der Waals surface area contributed by atoms with Crippen LogP contribution in [0.25, 0.3) is 0 Å². The van der Waals surface area contributed by atoms with E-state index < -0.39 is 0 Å². The standard InChI is InChI=1S/C22H28N4O3/c1-29-19-10-6-5-9-16(19)22(28)26-12-11-18-17(14-26)20(25-24-18)21(27)23-13-15-7-3-2-4-8-15/h5-6,9-10,15H,2-4,7-8,11-14H2,1H3,(H,23,27)(H,24,25). The maximum atomic E-state index is 13.0. The predicted octanol–water partition coefficient (Wildman–Crippen LogP) is 2.93. The van der Waals surface area contributed by atoms with Crippen LogP contribution in [0.4, 0.5) is 0 Å². The number of amides is 2. The first-order valence-corrected chi connectivity index (χ1v) is 10.4. The number of fused-ring (bicyclic) bond motifs is 1. The summed E-state index contributed by atoms with van der Waals surface area (Å²) in [6, 6.07) is 7.22. The molecule has 7 nitrogen and oxygen atoms in total. The molecular weight excluding hydrogens is 368 g/mol. The lowest BCUT2D eigenvalue weighted by atomic mass is 9.89. The van der Waals surface area contributed by atoms with Gasteiger partial charge in [-0.1, -0.05) is 31.4 Å². The summed E-state index contributed by atoms with van der Waals surface area (Å²) in [5.41, 5.74) is 2.70. The molecule has 1 aliphatic heterocycles. The van der Waals surface area contributed by atoms with E-state index in [1.807, 2.05) is 12.1 Å². The van der Waals surface area contributed by atoms with Crippen LogP contribution in [-0.4, -0.2) is 47.1 Å². The summed E-state index contributed by atoms with van der Waals surface area (Å²) < 4.78 is 5.33. The van der Waals surface area contributed by atoms with Crippen LogP contribution < -0.4 is 10.1 Å². The molecule has 0 atom stereocenters. The molecule has 2 amide bonds. The van der Waals surface area contributed by atoms with E-state index in [1.165, 1.54) is 32.1 Å². The molecule has 0 spiro atoms. The number of nitrogens with one attached hydrogen (secondary N) is 2. The zero-order valence-corrected chi connectivity index (χ0v) is 16.9. The van der Waals surface area contributed by atoms with E-state index in [-0.39, 0.29) is 11.8 Å². The zero-order valence-electron chi connectivity index (χ0n) is 16.9. The molecule has 2 aromatic rings. The predicted molar refractivity (Wildman–Crippen MR) is 109 cm³/mol. The summed E-state index contributed by atoms with van der Waals surface area (Å²) in [7, 11) is 1.56. The first kappa shape index (κ1) is 19.5. The molecule has 1 aliphatic carbocycles. The Morgan fingerprint density at radius 1 is 1.24 bits per heavy atom. The molecule has 0 bridgehead atoms. The average Bonchev–Trinajstić information content (AvgIpc) is 3.21. The normalized spacial score (nSPS) is 16.9. The van der Waals surface area contributed by atoms with Gasteiger partial charge in [0.05, 0.1) is 19.2 Å². The van der Waals surface area contributed by atoms with E-state index in [0.717, 1.165) is 11.3 Å². The summed E-state index contributed by atoms with van der Waals surface area (Å²) in [5, 5.41) is 10.3. The highest BCUT2D eigenvalue weighted by atomic mass is 16.5. The number of ether oxygens (including phenoxy) is 1. The Labute approximate surface area is 170 Å². The maximum absolute atomic E-state index is 13.0. The molecular formula is C22H28N4O3. The summed E-state index contributed by atoms with van der Waals surface area (Å²) in [4.78, 5) is 27.5. The number of methoxy groups -OCH3 is 1. The van der Waals surface area contributed by atoms with Gasteiger partial charge in [-0.3, -0.25) is 14.7 Å². The molecule has 2 aliphatic rings. The van der Waals surface area contributed by atoms with E-state index >= 15 is 0 Å². The smallest absolute Gasteiger partial charge is 0.272 e. The van der Waals surface area contributed by atoms with Crippen LogP contribution >= 0.6 is 0 Å². The zero-order chi connectivity index (χ0) is 20.2. The summed E-state index contributed by atoms with van der Waals surface area (Å²) in [5.74, 6) is 0.870. The monoisotopic (exact) mass is 396 g/mol. The number of H-pyrrole nitrogens is 1. The SMILES string of the molecule is COc1ccccc1C(=O)N1CCc2[nH]nc(C(=O)NCC3CCCCC3)c2C1. The van der Waals surface area contributed by atoms with Crippen molar-refractivity contribution in [1.29, 1.82) is 0 Å². The third-order valence-corrected chi connectivity index (χ3v) is 6.05. The van der Waals surface area contributed by atoms with Gasteiger partial charge in [-0.15, -0.1) is 0 Å². The quantitative estimate of drug-likeness (QED) is 0.813. The maximum Gasteiger partial charge on any atom is 0.272 e. The van der Waals surface area contributed by atoms with Crippen LogP contribution in [0, 0.1) is 5.92 Å². The highest BCUT2D eigenvalue weighted by Crippen LogP contribution is 2.26. The van der Waals surface area contributed by atoms with Crippen LogP contribution in [-0.2, 0) is 13.0 Å². The third-order valence-electron chi connectivity index (χ3n) is 6.05. The van der Waals surface area contributed by atoms with E-state index in [4.69, 9.17) is 4.74 Å².